The first-order chi connectivity index (χ1) is 11.2. The van der Waals surface area contributed by atoms with Gasteiger partial charge >= 0.3 is 7.12 Å². The Morgan fingerprint density at radius 1 is 0.565 bits per heavy atom. The van der Waals surface area contributed by atoms with Crippen molar-refractivity contribution < 1.29 is 10.0 Å². The molecular formula is C18H15BO2S2. The third kappa shape index (κ3) is 4.66. The molecule has 3 aromatic carbocycles. The van der Waals surface area contributed by atoms with Crippen LogP contribution in [0.1, 0.15) is 0 Å². The average Bonchev–Trinajstić information content (AvgIpc) is 2.56. The van der Waals surface area contributed by atoms with E-state index in [1.54, 1.807) is 23.5 Å². The third-order valence-electron chi connectivity index (χ3n) is 3.16. The summed E-state index contributed by atoms with van der Waals surface area (Å²) in [5, 5.41) is 19.1. The number of benzene rings is 3. The molecule has 0 saturated carbocycles. The smallest absolute Gasteiger partial charge is 0.423 e. The van der Waals surface area contributed by atoms with E-state index in [0.29, 0.717) is 5.46 Å². The summed E-state index contributed by atoms with van der Waals surface area (Å²) in [4.78, 5) is 4.21. The molecule has 0 atom stereocenters. The van der Waals surface area contributed by atoms with Crippen LogP contribution in [-0.2, 0) is 0 Å². The van der Waals surface area contributed by atoms with Gasteiger partial charge < -0.3 is 10.0 Å². The number of rotatable bonds is 5. The fraction of sp³-hybridized carbons (Fsp3) is 0. The van der Waals surface area contributed by atoms with Gasteiger partial charge in [-0.2, -0.15) is 0 Å². The highest BCUT2D eigenvalue weighted by molar-refractivity contribution is 8.00. The lowest BCUT2D eigenvalue weighted by atomic mass is 9.80. The van der Waals surface area contributed by atoms with Crippen molar-refractivity contribution in [2.45, 2.75) is 19.6 Å². The molecule has 0 aromatic heterocycles. The molecule has 0 amide bonds. The summed E-state index contributed by atoms with van der Waals surface area (Å²) in [6.45, 7) is 0. The van der Waals surface area contributed by atoms with Crippen molar-refractivity contribution >= 4 is 36.1 Å². The van der Waals surface area contributed by atoms with Gasteiger partial charge in [-0.1, -0.05) is 59.9 Å². The Morgan fingerprint density at radius 2 is 1.00 bits per heavy atom. The minimum Gasteiger partial charge on any atom is -0.423 e. The lowest BCUT2D eigenvalue weighted by Gasteiger charge is -2.09. The predicted molar refractivity (Wildman–Crippen MR) is 97.4 cm³/mol. The van der Waals surface area contributed by atoms with Gasteiger partial charge in [-0.05, 0) is 47.9 Å². The van der Waals surface area contributed by atoms with Crippen LogP contribution in [0.4, 0.5) is 0 Å². The van der Waals surface area contributed by atoms with E-state index in [0.717, 1.165) is 19.6 Å². The second-order valence-electron chi connectivity index (χ2n) is 4.94. The van der Waals surface area contributed by atoms with E-state index in [4.69, 9.17) is 0 Å². The van der Waals surface area contributed by atoms with Crippen LogP contribution in [0.3, 0.4) is 0 Å². The molecule has 0 unspecified atom stereocenters. The SMILES string of the molecule is OB(O)c1cc(Sc2ccccc2)cc(Sc2ccccc2)c1. The first-order valence-corrected chi connectivity index (χ1v) is 8.81. The summed E-state index contributed by atoms with van der Waals surface area (Å²) in [5.41, 5.74) is 0.504. The summed E-state index contributed by atoms with van der Waals surface area (Å²) in [5.74, 6) is 0. The Morgan fingerprint density at radius 3 is 1.39 bits per heavy atom. The largest absolute Gasteiger partial charge is 0.488 e. The first-order valence-electron chi connectivity index (χ1n) is 7.17. The number of hydrogen-bond acceptors (Lipinski definition) is 4. The molecule has 0 bridgehead atoms. The van der Waals surface area contributed by atoms with Crippen LogP contribution in [0.25, 0.3) is 0 Å². The second-order valence-corrected chi connectivity index (χ2v) is 7.24. The lowest BCUT2D eigenvalue weighted by Crippen LogP contribution is -2.29. The fourth-order valence-corrected chi connectivity index (χ4v) is 4.08. The fourth-order valence-electron chi connectivity index (χ4n) is 2.11. The van der Waals surface area contributed by atoms with Crippen molar-refractivity contribution in [3.05, 3.63) is 78.9 Å². The maximum absolute atomic E-state index is 9.54. The molecule has 0 heterocycles. The Labute approximate surface area is 144 Å². The molecule has 0 aliphatic heterocycles. The van der Waals surface area contributed by atoms with Crippen LogP contribution in [0.2, 0.25) is 0 Å². The van der Waals surface area contributed by atoms with Gasteiger partial charge in [0.15, 0.2) is 0 Å². The zero-order valence-electron chi connectivity index (χ0n) is 12.3. The maximum Gasteiger partial charge on any atom is 0.488 e. The summed E-state index contributed by atoms with van der Waals surface area (Å²) >= 11 is 3.22. The quantitative estimate of drug-likeness (QED) is 0.697. The van der Waals surface area contributed by atoms with Gasteiger partial charge in [0.05, 0.1) is 0 Å². The van der Waals surface area contributed by atoms with E-state index in [9.17, 15) is 10.0 Å². The van der Waals surface area contributed by atoms with Crippen molar-refractivity contribution in [3.63, 3.8) is 0 Å². The minimum atomic E-state index is -1.47. The first kappa shape index (κ1) is 16.2. The van der Waals surface area contributed by atoms with E-state index in [1.807, 2.05) is 72.8 Å². The number of hydrogen-bond donors (Lipinski definition) is 2. The van der Waals surface area contributed by atoms with Crippen molar-refractivity contribution in [3.8, 4) is 0 Å². The zero-order chi connectivity index (χ0) is 16.1. The summed E-state index contributed by atoms with van der Waals surface area (Å²) in [7, 11) is -1.47. The Kier molecular flexibility index (Phi) is 5.46. The van der Waals surface area contributed by atoms with E-state index in [-0.39, 0.29) is 0 Å². The van der Waals surface area contributed by atoms with Crippen LogP contribution in [0.15, 0.2) is 98.4 Å². The second kappa shape index (κ2) is 7.75. The van der Waals surface area contributed by atoms with Gasteiger partial charge in [0.2, 0.25) is 0 Å². The van der Waals surface area contributed by atoms with Crippen LogP contribution in [0.5, 0.6) is 0 Å². The minimum absolute atomic E-state index is 0.504. The van der Waals surface area contributed by atoms with E-state index >= 15 is 0 Å². The Bertz CT molecular complexity index is 705. The monoisotopic (exact) mass is 338 g/mol. The molecule has 3 rings (SSSR count). The Hall–Kier alpha value is -1.66. The molecule has 0 aliphatic carbocycles. The molecule has 0 aliphatic rings. The van der Waals surface area contributed by atoms with Gasteiger partial charge in [0.1, 0.15) is 0 Å². The normalized spacial score (nSPS) is 10.5. The van der Waals surface area contributed by atoms with Crippen molar-refractivity contribution in [1.29, 1.82) is 0 Å². The highest BCUT2D eigenvalue weighted by atomic mass is 32.2. The van der Waals surface area contributed by atoms with Gasteiger partial charge in [-0.15, -0.1) is 0 Å². The van der Waals surface area contributed by atoms with Gasteiger partial charge in [0.25, 0.3) is 0 Å². The molecule has 2 N–H and O–H groups in total. The summed E-state index contributed by atoms with van der Waals surface area (Å²) < 4.78 is 0. The van der Waals surface area contributed by atoms with Crippen molar-refractivity contribution in [1.82, 2.24) is 0 Å². The van der Waals surface area contributed by atoms with Gasteiger partial charge in [-0.25, -0.2) is 0 Å². The van der Waals surface area contributed by atoms with Crippen LogP contribution < -0.4 is 5.46 Å². The standard InChI is InChI=1S/C18H15BO2S2/c20-19(21)14-11-17(22-15-7-3-1-4-8-15)13-18(12-14)23-16-9-5-2-6-10-16/h1-13,20-21H. The van der Waals surface area contributed by atoms with Gasteiger partial charge in [-0.3, -0.25) is 0 Å². The lowest BCUT2D eigenvalue weighted by molar-refractivity contribution is 0.425. The molecule has 3 aromatic rings. The molecule has 114 valence electrons. The molecule has 5 heteroatoms. The molecule has 0 spiro atoms. The van der Waals surface area contributed by atoms with E-state index in [1.165, 1.54) is 0 Å². The van der Waals surface area contributed by atoms with Crippen LogP contribution >= 0.6 is 23.5 Å². The van der Waals surface area contributed by atoms with E-state index < -0.39 is 7.12 Å². The van der Waals surface area contributed by atoms with Crippen molar-refractivity contribution in [2.24, 2.45) is 0 Å². The maximum atomic E-state index is 9.54. The zero-order valence-corrected chi connectivity index (χ0v) is 13.9. The molecule has 0 fully saturated rings. The molecule has 2 nitrogen and oxygen atoms in total. The summed E-state index contributed by atoms with van der Waals surface area (Å²) in [6.07, 6.45) is 0. The molecule has 23 heavy (non-hydrogen) atoms. The predicted octanol–water partition coefficient (Wildman–Crippen LogP) is 3.67. The molecular weight excluding hydrogens is 323 g/mol. The van der Waals surface area contributed by atoms with Crippen LogP contribution in [0, 0.1) is 0 Å². The third-order valence-corrected chi connectivity index (χ3v) is 5.12. The van der Waals surface area contributed by atoms with Crippen molar-refractivity contribution in [2.75, 3.05) is 0 Å². The van der Waals surface area contributed by atoms with Crippen LogP contribution in [-0.4, -0.2) is 17.2 Å². The molecule has 0 saturated heterocycles. The average molecular weight is 338 g/mol. The summed E-state index contributed by atoms with van der Waals surface area (Å²) in [6, 6.07) is 25.8. The van der Waals surface area contributed by atoms with E-state index in [2.05, 4.69) is 6.07 Å². The Balaban J connectivity index is 1.90. The highest BCUT2D eigenvalue weighted by Gasteiger charge is 2.14. The molecule has 0 radical (unpaired) electrons. The topological polar surface area (TPSA) is 40.5 Å². The van der Waals surface area contributed by atoms with Gasteiger partial charge in [0, 0.05) is 19.6 Å². The highest BCUT2D eigenvalue weighted by Crippen LogP contribution is 2.32.